The zero-order valence-electron chi connectivity index (χ0n) is 10.2. The topological polar surface area (TPSA) is 38.5 Å². The van der Waals surface area contributed by atoms with Crippen molar-refractivity contribution in [2.45, 2.75) is 12.5 Å². The molecule has 1 fully saturated rings. The van der Waals surface area contributed by atoms with Crippen molar-refractivity contribution in [3.63, 3.8) is 0 Å². The van der Waals surface area contributed by atoms with Crippen LogP contribution >= 0.6 is 11.6 Å². The number of ether oxygens (including phenoxy) is 1. The molecule has 2 rings (SSSR count). The number of halogens is 2. The summed E-state index contributed by atoms with van der Waals surface area (Å²) in [7, 11) is 0. The normalized spacial score (nSPS) is 18.8. The van der Waals surface area contributed by atoms with Crippen molar-refractivity contribution in [1.29, 1.82) is 0 Å². The van der Waals surface area contributed by atoms with Crippen LogP contribution in [0.5, 0.6) is 0 Å². The van der Waals surface area contributed by atoms with E-state index in [9.17, 15) is 4.39 Å². The van der Waals surface area contributed by atoms with Crippen LogP contribution in [0.1, 0.15) is 5.56 Å². The Morgan fingerprint density at radius 2 is 2.11 bits per heavy atom. The molecule has 0 saturated carbocycles. The van der Waals surface area contributed by atoms with E-state index in [4.69, 9.17) is 22.1 Å². The van der Waals surface area contributed by atoms with Crippen molar-refractivity contribution in [1.82, 2.24) is 4.90 Å². The first-order valence-corrected chi connectivity index (χ1v) is 6.53. The van der Waals surface area contributed by atoms with Gasteiger partial charge in [0, 0.05) is 36.3 Å². The molecule has 1 heterocycles. The smallest absolute Gasteiger partial charge is 0.127 e. The molecular formula is C13H18ClFN2O. The third-order valence-electron chi connectivity index (χ3n) is 3.12. The van der Waals surface area contributed by atoms with E-state index in [-0.39, 0.29) is 11.9 Å². The molecule has 1 unspecified atom stereocenters. The summed E-state index contributed by atoms with van der Waals surface area (Å²) < 4.78 is 18.9. The lowest BCUT2D eigenvalue weighted by Crippen LogP contribution is -2.44. The summed E-state index contributed by atoms with van der Waals surface area (Å²) in [4.78, 5) is 2.24. The molecule has 5 heteroatoms. The Morgan fingerprint density at radius 3 is 2.78 bits per heavy atom. The van der Waals surface area contributed by atoms with Gasteiger partial charge in [-0.2, -0.15) is 0 Å². The fraction of sp³-hybridized carbons (Fsp3) is 0.538. The SMILES string of the molecule is NC(Cc1c(F)cccc1Cl)CN1CCOCC1. The van der Waals surface area contributed by atoms with E-state index in [1.165, 1.54) is 6.07 Å². The second kappa shape index (κ2) is 6.48. The lowest BCUT2D eigenvalue weighted by atomic mass is 10.1. The maximum absolute atomic E-state index is 13.6. The number of benzene rings is 1. The molecule has 18 heavy (non-hydrogen) atoms. The molecule has 0 aromatic heterocycles. The van der Waals surface area contributed by atoms with Crippen molar-refractivity contribution >= 4 is 11.6 Å². The van der Waals surface area contributed by atoms with Gasteiger partial charge in [0.05, 0.1) is 13.2 Å². The van der Waals surface area contributed by atoms with E-state index in [1.54, 1.807) is 12.1 Å². The summed E-state index contributed by atoms with van der Waals surface area (Å²) in [6.07, 6.45) is 0.461. The Hall–Kier alpha value is -0.680. The summed E-state index contributed by atoms with van der Waals surface area (Å²) in [6, 6.07) is 4.61. The monoisotopic (exact) mass is 272 g/mol. The van der Waals surface area contributed by atoms with Gasteiger partial charge >= 0.3 is 0 Å². The molecule has 3 nitrogen and oxygen atoms in total. The van der Waals surface area contributed by atoms with Crippen LogP contribution < -0.4 is 5.73 Å². The average molecular weight is 273 g/mol. The minimum atomic E-state index is -0.278. The molecule has 1 atom stereocenters. The van der Waals surface area contributed by atoms with Crippen LogP contribution in [0.25, 0.3) is 0 Å². The molecule has 1 saturated heterocycles. The Morgan fingerprint density at radius 1 is 1.39 bits per heavy atom. The minimum Gasteiger partial charge on any atom is -0.379 e. The highest BCUT2D eigenvalue weighted by Crippen LogP contribution is 2.20. The minimum absolute atomic E-state index is 0.113. The number of nitrogens with zero attached hydrogens (tertiary/aromatic N) is 1. The quantitative estimate of drug-likeness (QED) is 0.906. The highest BCUT2D eigenvalue weighted by molar-refractivity contribution is 6.31. The van der Waals surface area contributed by atoms with Crippen molar-refractivity contribution in [2.24, 2.45) is 5.73 Å². The Bertz CT molecular complexity index is 376. The molecule has 100 valence electrons. The third kappa shape index (κ3) is 3.65. The van der Waals surface area contributed by atoms with Crippen LogP contribution in [0.4, 0.5) is 4.39 Å². The molecule has 1 aromatic rings. The standard InChI is InChI=1S/C13H18ClFN2O/c14-12-2-1-3-13(15)11(12)8-10(16)9-17-4-6-18-7-5-17/h1-3,10H,4-9,16H2. The molecule has 0 radical (unpaired) electrons. The summed E-state index contributed by atoms with van der Waals surface area (Å²) in [5.41, 5.74) is 6.58. The molecular weight excluding hydrogens is 255 g/mol. The fourth-order valence-electron chi connectivity index (χ4n) is 2.17. The molecule has 1 aliphatic heterocycles. The average Bonchev–Trinajstić information content (AvgIpc) is 2.35. The number of hydrogen-bond donors (Lipinski definition) is 1. The molecule has 1 aromatic carbocycles. The number of nitrogens with two attached hydrogens (primary N) is 1. The summed E-state index contributed by atoms with van der Waals surface area (Å²) >= 11 is 5.99. The molecule has 1 aliphatic rings. The first-order valence-electron chi connectivity index (χ1n) is 6.15. The van der Waals surface area contributed by atoms with Crippen LogP contribution in [-0.2, 0) is 11.2 Å². The van der Waals surface area contributed by atoms with Gasteiger partial charge in [0.2, 0.25) is 0 Å². The van der Waals surface area contributed by atoms with Crippen LogP contribution in [0.3, 0.4) is 0 Å². The first-order chi connectivity index (χ1) is 8.66. The Labute approximate surface area is 112 Å². The van der Waals surface area contributed by atoms with E-state index < -0.39 is 0 Å². The molecule has 0 spiro atoms. The van der Waals surface area contributed by atoms with Crippen molar-refractivity contribution in [2.75, 3.05) is 32.8 Å². The second-order valence-electron chi connectivity index (χ2n) is 4.58. The molecule has 0 bridgehead atoms. The number of hydrogen-bond acceptors (Lipinski definition) is 3. The van der Waals surface area contributed by atoms with Gasteiger partial charge < -0.3 is 10.5 Å². The van der Waals surface area contributed by atoms with E-state index >= 15 is 0 Å². The van der Waals surface area contributed by atoms with E-state index in [0.29, 0.717) is 17.0 Å². The van der Waals surface area contributed by atoms with Crippen LogP contribution in [0, 0.1) is 5.82 Å². The largest absolute Gasteiger partial charge is 0.379 e. The van der Waals surface area contributed by atoms with E-state index in [0.717, 1.165) is 32.8 Å². The Balaban J connectivity index is 1.92. The fourth-order valence-corrected chi connectivity index (χ4v) is 2.41. The summed E-state index contributed by atoms with van der Waals surface area (Å²) in [6.45, 7) is 4.01. The maximum Gasteiger partial charge on any atom is 0.127 e. The number of morpholine rings is 1. The third-order valence-corrected chi connectivity index (χ3v) is 3.48. The van der Waals surface area contributed by atoms with E-state index in [1.807, 2.05) is 0 Å². The van der Waals surface area contributed by atoms with Gasteiger partial charge in [-0.3, -0.25) is 4.90 Å². The van der Waals surface area contributed by atoms with Gasteiger partial charge in [-0.25, -0.2) is 4.39 Å². The van der Waals surface area contributed by atoms with Gasteiger partial charge in [-0.1, -0.05) is 17.7 Å². The zero-order valence-corrected chi connectivity index (χ0v) is 11.0. The molecule has 0 aliphatic carbocycles. The maximum atomic E-state index is 13.6. The van der Waals surface area contributed by atoms with E-state index in [2.05, 4.69) is 4.90 Å². The predicted octanol–water partition coefficient (Wildman–Crippen LogP) is 1.68. The number of rotatable bonds is 4. The van der Waals surface area contributed by atoms with Crippen molar-refractivity contribution in [3.05, 3.63) is 34.6 Å². The highest BCUT2D eigenvalue weighted by atomic mass is 35.5. The van der Waals surface area contributed by atoms with Crippen LogP contribution in [-0.4, -0.2) is 43.8 Å². The van der Waals surface area contributed by atoms with Gasteiger partial charge in [0.1, 0.15) is 5.82 Å². The Kier molecular flexibility index (Phi) is 4.95. The van der Waals surface area contributed by atoms with Gasteiger partial charge in [-0.15, -0.1) is 0 Å². The predicted molar refractivity (Wildman–Crippen MR) is 70.3 cm³/mol. The highest BCUT2D eigenvalue weighted by Gasteiger charge is 2.16. The van der Waals surface area contributed by atoms with Crippen LogP contribution in [0.2, 0.25) is 5.02 Å². The second-order valence-corrected chi connectivity index (χ2v) is 4.98. The van der Waals surface area contributed by atoms with Crippen LogP contribution in [0.15, 0.2) is 18.2 Å². The lowest BCUT2D eigenvalue weighted by Gasteiger charge is -2.29. The molecule has 0 amide bonds. The van der Waals surface area contributed by atoms with Gasteiger partial charge in [-0.05, 0) is 18.6 Å². The lowest BCUT2D eigenvalue weighted by molar-refractivity contribution is 0.0353. The van der Waals surface area contributed by atoms with Crippen molar-refractivity contribution < 1.29 is 9.13 Å². The molecule has 2 N–H and O–H groups in total. The van der Waals surface area contributed by atoms with Gasteiger partial charge in [0.15, 0.2) is 0 Å². The summed E-state index contributed by atoms with van der Waals surface area (Å²) in [5, 5.41) is 0.451. The first kappa shape index (κ1) is 13.7. The van der Waals surface area contributed by atoms with Crippen molar-refractivity contribution in [3.8, 4) is 0 Å². The van der Waals surface area contributed by atoms with Gasteiger partial charge in [0.25, 0.3) is 0 Å². The summed E-state index contributed by atoms with van der Waals surface area (Å²) in [5.74, 6) is -0.278. The zero-order chi connectivity index (χ0) is 13.0.